The molecule has 0 aromatic heterocycles. The summed E-state index contributed by atoms with van der Waals surface area (Å²) in [6, 6.07) is 11.3. The van der Waals surface area contributed by atoms with Crippen LogP contribution >= 0.6 is 15.9 Å². The van der Waals surface area contributed by atoms with Crippen molar-refractivity contribution in [3.05, 3.63) is 52.8 Å². The summed E-state index contributed by atoms with van der Waals surface area (Å²) in [5.41, 5.74) is 6.30. The van der Waals surface area contributed by atoms with Crippen molar-refractivity contribution >= 4 is 27.8 Å². The summed E-state index contributed by atoms with van der Waals surface area (Å²) in [7, 11) is 0. The van der Waals surface area contributed by atoms with Gasteiger partial charge in [0.05, 0.1) is 5.69 Å². The molecular weight excluding hydrogens is 411 g/mol. The molecule has 22 heavy (non-hydrogen) atoms. The molecule has 106 valence electrons. The maximum atomic E-state index is 12.9. The van der Waals surface area contributed by atoms with Crippen molar-refractivity contribution in [2.24, 2.45) is 0 Å². The number of rotatable bonds is 2. The molecule has 0 bridgehead atoms. The van der Waals surface area contributed by atoms with Crippen LogP contribution in [0.4, 0.5) is 14.9 Å². The standard InChI is InChI=1S/C12H9BrFNO.CH2O3.2K/c13-10-5-2-6-11(12(10)15)16-9-4-1-3-8(14)7-9;2-1(3)4;;/h1-7H,15H2;(H2,2,3,4);;/q;;2*+1/p-2. The van der Waals surface area contributed by atoms with Crippen LogP contribution in [-0.2, 0) is 0 Å². The number of halogens is 2. The Morgan fingerprint density at radius 1 is 1.14 bits per heavy atom. The van der Waals surface area contributed by atoms with Gasteiger partial charge in [0, 0.05) is 10.5 Å². The van der Waals surface area contributed by atoms with Gasteiger partial charge in [-0.2, -0.15) is 0 Å². The number of benzene rings is 2. The first-order chi connectivity index (χ1) is 9.40. The molecule has 0 atom stereocenters. The van der Waals surface area contributed by atoms with E-state index in [1.54, 1.807) is 24.3 Å². The van der Waals surface area contributed by atoms with E-state index in [0.29, 0.717) is 17.2 Å². The first kappa shape index (κ1) is 25.2. The average Bonchev–Trinajstić information content (AvgIpc) is 2.34. The zero-order valence-electron chi connectivity index (χ0n) is 12.0. The van der Waals surface area contributed by atoms with Crippen LogP contribution in [0.1, 0.15) is 0 Å². The Bertz CT molecular complexity index is 612. The van der Waals surface area contributed by atoms with Crippen LogP contribution in [0.25, 0.3) is 0 Å². The van der Waals surface area contributed by atoms with Gasteiger partial charge in [-0.1, -0.05) is 12.1 Å². The number of carbonyl (C=O) groups is 1. The maximum Gasteiger partial charge on any atom is 1.00 e. The maximum absolute atomic E-state index is 12.9. The summed E-state index contributed by atoms with van der Waals surface area (Å²) in [6.07, 6.45) is -2.33. The van der Waals surface area contributed by atoms with Gasteiger partial charge in [-0.3, -0.25) is 0 Å². The second kappa shape index (κ2) is 13.3. The number of para-hydroxylation sites is 1. The van der Waals surface area contributed by atoms with E-state index in [0.717, 1.165) is 4.47 Å². The zero-order chi connectivity index (χ0) is 15.1. The summed E-state index contributed by atoms with van der Waals surface area (Å²) >= 11 is 3.29. The minimum Gasteiger partial charge on any atom is -0.652 e. The molecule has 0 amide bonds. The predicted molar refractivity (Wildman–Crippen MR) is 70.4 cm³/mol. The molecule has 0 aliphatic carbocycles. The molecule has 2 N–H and O–H groups in total. The monoisotopic (exact) mass is 419 g/mol. The van der Waals surface area contributed by atoms with E-state index in [1.807, 2.05) is 6.07 Å². The Labute approximate surface area is 220 Å². The SMILES string of the molecule is Nc1c(Br)cccc1Oc1cccc(F)c1.O=C([O-])[O-].[K+].[K+]. The normalized spacial score (nSPS) is 8.45. The van der Waals surface area contributed by atoms with Crippen LogP contribution < -0.4 is 123 Å². The number of nitrogen functional groups attached to an aromatic ring is 1. The Kier molecular flexibility index (Phi) is 15.3. The van der Waals surface area contributed by atoms with Crippen LogP contribution in [0.5, 0.6) is 11.5 Å². The largest absolute Gasteiger partial charge is 1.00 e. The minimum atomic E-state index is -2.33. The van der Waals surface area contributed by atoms with Crippen LogP contribution in [0, 0.1) is 5.82 Å². The number of carbonyl (C=O) groups excluding carboxylic acids is 1. The molecule has 9 heteroatoms. The third kappa shape index (κ3) is 9.98. The van der Waals surface area contributed by atoms with Gasteiger partial charge in [0.25, 0.3) is 0 Å². The van der Waals surface area contributed by atoms with Gasteiger partial charge >= 0.3 is 103 Å². The van der Waals surface area contributed by atoms with Crippen LogP contribution in [0.15, 0.2) is 46.9 Å². The molecule has 0 fully saturated rings. The van der Waals surface area contributed by atoms with Gasteiger partial charge in [-0.15, -0.1) is 0 Å². The quantitative estimate of drug-likeness (QED) is 0.390. The van der Waals surface area contributed by atoms with Crippen molar-refractivity contribution in [2.45, 2.75) is 0 Å². The van der Waals surface area contributed by atoms with E-state index in [2.05, 4.69) is 15.9 Å². The molecule has 0 saturated carbocycles. The molecule has 2 aromatic rings. The molecule has 0 aliphatic rings. The Balaban J connectivity index is 0. The molecule has 2 aromatic carbocycles. The van der Waals surface area contributed by atoms with E-state index >= 15 is 0 Å². The molecule has 0 saturated heterocycles. The first-order valence-corrected chi connectivity index (χ1v) is 6.05. The Morgan fingerprint density at radius 2 is 1.68 bits per heavy atom. The molecule has 0 radical (unpaired) electrons. The third-order valence-electron chi connectivity index (χ3n) is 2.04. The van der Waals surface area contributed by atoms with Crippen molar-refractivity contribution in [2.75, 3.05) is 5.73 Å². The van der Waals surface area contributed by atoms with Crippen LogP contribution in [0.2, 0.25) is 0 Å². The molecule has 0 aliphatic heterocycles. The van der Waals surface area contributed by atoms with Crippen LogP contribution in [-0.4, -0.2) is 6.16 Å². The van der Waals surface area contributed by atoms with Crippen molar-refractivity contribution in [3.63, 3.8) is 0 Å². The van der Waals surface area contributed by atoms with Crippen molar-refractivity contribution in [1.29, 1.82) is 0 Å². The summed E-state index contributed by atoms with van der Waals surface area (Å²) < 4.78 is 19.2. The molecule has 0 spiro atoms. The van der Waals surface area contributed by atoms with Gasteiger partial charge in [-0.05, 0) is 46.4 Å². The van der Waals surface area contributed by atoms with Gasteiger partial charge in [0.1, 0.15) is 11.6 Å². The summed E-state index contributed by atoms with van der Waals surface area (Å²) in [5, 5.41) is 16.7. The smallest absolute Gasteiger partial charge is 0.652 e. The minimum absolute atomic E-state index is 0. The van der Waals surface area contributed by atoms with Gasteiger partial charge < -0.3 is 25.5 Å². The fourth-order valence-electron chi connectivity index (χ4n) is 1.26. The van der Waals surface area contributed by atoms with Crippen molar-refractivity contribution in [3.8, 4) is 11.5 Å². The molecule has 2 rings (SSSR count). The van der Waals surface area contributed by atoms with E-state index in [4.69, 9.17) is 25.5 Å². The third-order valence-corrected chi connectivity index (χ3v) is 2.73. The van der Waals surface area contributed by atoms with Gasteiger partial charge in [0.2, 0.25) is 0 Å². The number of anilines is 1. The van der Waals surface area contributed by atoms with Crippen molar-refractivity contribution in [1.82, 2.24) is 0 Å². The second-order valence-electron chi connectivity index (χ2n) is 3.46. The van der Waals surface area contributed by atoms with E-state index in [1.165, 1.54) is 12.1 Å². The van der Waals surface area contributed by atoms with Crippen LogP contribution in [0.3, 0.4) is 0 Å². The fourth-order valence-corrected chi connectivity index (χ4v) is 1.61. The molecular formula is C13H9BrFK2NO4. The van der Waals surface area contributed by atoms with Gasteiger partial charge in [0.15, 0.2) is 5.75 Å². The Morgan fingerprint density at radius 3 is 2.23 bits per heavy atom. The summed E-state index contributed by atoms with van der Waals surface area (Å²) in [4.78, 5) is 8.33. The van der Waals surface area contributed by atoms with E-state index in [9.17, 15) is 4.39 Å². The number of ether oxygens (including phenoxy) is 1. The summed E-state index contributed by atoms with van der Waals surface area (Å²) in [5.74, 6) is 0.579. The zero-order valence-corrected chi connectivity index (χ0v) is 19.8. The number of hydrogen-bond acceptors (Lipinski definition) is 5. The predicted octanol–water partition coefficient (Wildman–Crippen LogP) is -4.48. The Hall–Kier alpha value is 0.993. The molecule has 0 heterocycles. The number of carboxylic acid groups (broad SMARTS) is 2. The second-order valence-corrected chi connectivity index (χ2v) is 4.32. The van der Waals surface area contributed by atoms with Gasteiger partial charge in [-0.25, -0.2) is 4.39 Å². The first-order valence-electron chi connectivity index (χ1n) is 5.25. The molecule has 0 unspecified atom stereocenters. The van der Waals surface area contributed by atoms with E-state index < -0.39 is 6.16 Å². The topological polar surface area (TPSA) is 98.4 Å². The summed E-state index contributed by atoms with van der Waals surface area (Å²) in [6.45, 7) is 0. The molecule has 5 nitrogen and oxygen atoms in total. The number of hydrogen-bond donors (Lipinski definition) is 1. The van der Waals surface area contributed by atoms with E-state index in [-0.39, 0.29) is 109 Å². The van der Waals surface area contributed by atoms with Crippen molar-refractivity contribution < 1.29 is 127 Å². The average molecular weight is 420 g/mol. The fraction of sp³-hybridized carbons (Fsp3) is 0. The number of nitrogens with two attached hydrogens (primary N) is 1.